The number of nitro groups is 1. The molecule has 0 spiro atoms. The number of nitrogens with two attached hydrogens (primary N) is 1. The van der Waals surface area contributed by atoms with E-state index in [1.165, 1.54) is 18.2 Å². The standard InChI is InChI=1S/C17H17N3O4/c1-11-5-7-13(17(18)22)10-15(11)19-16(21)8-6-12-3-2-4-14(9-12)20(23)24/h2-5,7,9-10H,6,8H2,1H3,(H2,18,22)(H,19,21). The first-order chi connectivity index (χ1) is 11.4. The number of nitrogens with zero attached hydrogens (tertiary/aromatic N) is 1. The van der Waals surface area contributed by atoms with E-state index >= 15 is 0 Å². The van der Waals surface area contributed by atoms with E-state index < -0.39 is 10.8 Å². The van der Waals surface area contributed by atoms with Crippen molar-refractivity contribution in [3.63, 3.8) is 0 Å². The number of nitro benzene ring substituents is 1. The fraction of sp³-hybridized carbons (Fsp3) is 0.176. The molecular formula is C17H17N3O4. The van der Waals surface area contributed by atoms with Gasteiger partial charge in [0.1, 0.15) is 0 Å². The number of benzene rings is 2. The van der Waals surface area contributed by atoms with Crippen LogP contribution in [-0.2, 0) is 11.2 Å². The van der Waals surface area contributed by atoms with Crippen LogP contribution in [0, 0.1) is 17.0 Å². The highest BCUT2D eigenvalue weighted by molar-refractivity contribution is 5.97. The zero-order valence-electron chi connectivity index (χ0n) is 13.1. The van der Waals surface area contributed by atoms with Crippen LogP contribution in [0.15, 0.2) is 42.5 Å². The van der Waals surface area contributed by atoms with Gasteiger partial charge in [-0.3, -0.25) is 19.7 Å². The molecule has 0 aliphatic heterocycles. The molecule has 2 aromatic carbocycles. The quantitative estimate of drug-likeness (QED) is 0.626. The maximum atomic E-state index is 12.1. The number of nitrogens with one attached hydrogen (secondary N) is 1. The Morgan fingerprint density at radius 3 is 2.62 bits per heavy atom. The lowest BCUT2D eigenvalue weighted by molar-refractivity contribution is -0.384. The summed E-state index contributed by atoms with van der Waals surface area (Å²) in [5.74, 6) is -0.812. The normalized spacial score (nSPS) is 10.2. The van der Waals surface area contributed by atoms with Crippen LogP contribution in [0.3, 0.4) is 0 Å². The highest BCUT2D eigenvalue weighted by atomic mass is 16.6. The molecule has 0 unspecified atom stereocenters. The summed E-state index contributed by atoms with van der Waals surface area (Å²) in [4.78, 5) is 33.6. The molecule has 124 valence electrons. The van der Waals surface area contributed by atoms with Gasteiger partial charge in [0.25, 0.3) is 5.69 Å². The van der Waals surface area contributed by atoms with Gasteiger partial charge in [0.2, 0.25) is 11.8 Å². The predicted octanol–water partition coefficient (Wildman–Crippen LogP) is 2.57. The summed E-state index contributed by atoms with van der Waals surface area (Å²) in [6, 6.07) is 11.0. The van der Waals surface area contributed by atoms with Gasteiger partial charge in [-0.25, -0.2) is 0 Å². The van der Waals surface area contributed by atoms with Gasteiger partial charge < -0.3 is 11.1 Å². The summed E-state index contributed by atoms with van der Waals surface area (Å²) in [7, 11) is 0. The van der Waals surface area contributed by atoms with Crippen LogP contribution in [0.1, 0.15) is 27.9 Å². The van der Waals surface area contributed by atoms with E-state index in [1.54, 1.807) is 31.2 Å². The second-order valence-electron chi connectivity index (χ2n) is 5.37. The number of non-ortho nitro benzene ring substituents is 1. The molecule has 7 heteroatoms. The number of rotatable bonds is 6. The van der Waals surface area contributed by atoms with Crippen LogP contribution in [0.5, 0.6) is 0 Å². The minimum Gasteiger partial charge on any atom is -0.366 e. The third kappa shape index (κ3) is 4.39. The Kier molecular flexibility index (Phi) is 5.26. The molecule has 0 atom stereocenters. The van der Waals surface area contributed by atoms with Crippen LogP contribution in [0.2, 0.25) is 0 Å². The van der Waals surface area contributed by atoms with Crippen molar-refractivity contribution >= 4 is 23.2 Å². The molecule has 0 aliphatic carbocycles. The van der Waals surface area contributed by atoms with Crippen molar-refractivity contribution in [2.75, 3.05) is 5.32 Å². The zero-order valence-corrected chi connectivity index (χ0v) is 13.1. The summed E-state index contributed by atoms with van der Waals surface area (Å²) in [5, 5.41) is 13.5. The average Bonchev–Trinajstić information content (AvgIpc) is 2.55. The van der Waals surface area contributed by atoms with Crippen LogP contribution in [0.25, 0.3) is 0 Å². The number of aryl methyl sites for hydroxylation is 2. The summed E-state index contributed by atoms with van der Waals surface area (Å²) in [5.41, 5.74) is 7.59. The number of anilines is 1. The van der Waals surface area contributed by atoms with Crippen LogP contribution in [0.4, 0.5) is 11.4 Å². The highest BCUT2D eigenvalue weighted by Gasteiger charge is 2.10. The first kappa shape index (κ1) is 17.1. The second kappa shape index (κ2) is 7.36. The average molecular weight is 327 g/mol. The van der Waals surface area contributed by atoms with Crippen LogP contribution < -0.4 is 11.1 Å². The lowest BCUT2D eigenvalue weighted by Crippen LogP contribution is -2.15. The van der Waals surface area contributed by atoms with E-state index in [2.05, 4.69) is 5.32 Å². The van der Waals surface area contributed by atoms with E-state index in [0.29, 0.717) is 23.2 Å². The molecule has 0 aliphatic rings. The number of carbonyl (C=O) groups excluding carboxylic acids is 2. The molecule has 0 aromatic heterocycles. The number of carbonyl (C=O) groups is 2. The zero-order chi connectivity index (χ0) is 17.7. The largest absolute Gasteiger partial charge is 0.366 e. The number of hydrogen-bond donors (Lipinski definition) is 2. The minimum absolute atomic E-state index is 0.00193. The van der Waals surface area contributed by atoms with Gasteiger partial charge >= 0.3 is 0 Å². The molecule has 7 nitrogen and oxygen atoms in total. The molecule has 0 saturated carbocycles. The lowest BCUT2D eigenvalue weighted by atomic mass is 10.1. The Labute approximate surface area is 138 Å². The van der Waals surface area contributed by atoms with E-state index in [0.717, 1.165) is 5.56 Å². The van der Waals surface area contributed by atoms with Crippen LogP contribution >= 0.6 is 0 Å². The summed E-state index contributed by atoms with van der Waals surface area (Å²) >= 11 is 0. The second-order valence-corrected chi connectivity index (χ2v) is 5.37. The van der Waals surface area contributed by atoms with Crippen LogP contribution in [-0.4, -0.2) is 16.7 Å². The van der Waals surface area contributed by atoms with Crippen molar-refractivity contribution in [3.05, 3.63) is 69.3 Å². The predicted molar refractivity (Wildman–Crippen MR) is 89.7 cm³/mol. The maximum Gasteiger partial charge on any atom is 0.269 e. The molecular weight excluding hydrogens is 310 g/mol. The maximum absolute atomic E-state index is 12.1. The van der Waals surface area contributed by atoms with Crippen molar-refractivity contribution < 1.29 is 14.5 Å². The molecule has 0 fully saturated rings. The van der Waals surface area contributed by atoms with Crippen molar-refractivity contribution in [2.24, 2.45) is 5.73 Å². The Bertz CT molecular complexity index is 802. The topological polar surface area (TPSA) is 115 Å². The van der Waals surface area contributed by atoms with E-state index in [4.69, 9.17) is 5.73 Å². The highest BCUT2D eigenvalue weighted by Crippen LogP contribution is 2.18. The first-order valence-corrected chi connectivity index (χ1v) is 7.30. The van der Waals surface area contributed by atoms with Gasteiger partial charge in [0.05, 0.1) is 4.92 Å². The van der Waals surface area contributed by atoms with E-state index in [9.17, 15) is 19.7 Å². The third-order valence-electron chi connectivity index (χ3n) is 3.56. The molecule has 2 rings (SSSR count). The van der Waals surface area contributed by atoms with Crippen molar-refractivity contribution in [2.45, 2.75) is 19.8 Å². The fourth-order valence-corrected chi connectivity index (χ4v) is 2.21. The number of hydrogen-bond acceptors (Lipinski definition) is 4. The molecule has 0 bridgehead atoms. The number of primary amides is 1. The molecule has 2 aromatic rings. The van der Waals surface area contributed by atoms with Gasteiger partial charge in [-0.05, 0) is 36.6 Å². The number of amides is 2. The van der Waals surface area contributed by atoms with Gasteiger partial charge in [0, 0.05) is 29.8 Å². The Balaban J connectivity index is 2.01. The van der Waals surface area contributed by atoms with Crippen molar-refractivity contribution in [1.82, 2.24) is 0 Å². The smallest absolute Gasteiger partial charge is 0.269 e. The molecule has 3 N–H and O–H groups in total. The first-order valence-electron chi connectivity index (χ1n) is 7.30. The minimum atomic E-state index is -0.568. The third-order valence-corrected chi connectivity index (χ3v) is 3.56. The Hall–Kier alpha value is -3.22. The van der Waals surface area contributed by atoms with Gasteiger partial charge in [-0.2, -0.15) is 0 Å². The SMILES string of the molecule is Cc1ccc(C(N)=O)cc1NC(=O)CCc1cccc([N+](=O)[O-])c1. The van der Waals surface area contributed by atoms with Crippen molar-refractivity contribution in [1.29, 1.82) is 0 Å². The molecule has 2 amide bonds. The fourth-order valence-electron chi connectivity index (χ4n) is 2.21. The van der Waals surface area contributed by atoms with Gasteiger partial charge in [0.15, 0.2) is 0 Å². The summed E-state index contributed by atoms with van der Waals surface area (Å²) < 4.78 is 0. The Morgan fingerprint density at radius 1 is 1.21 bits per heavy atom. The van der Waals surface area contributed by atoms with Crippen molar-refractivity contribution in [3.8, 4) is 0 Å². The Morgan fingerprint density at radius 2 is 1.96 bits per heavy atom. The van der Waals surface area contributed by atoms with E-state index in [-0.39, 0.29) is 18.0 Å². The molecule has 0 radical (unpaired) electrons. The molecule has 24 heavy (non-hydrogen) atoms. The molecule has 0 saturated heterocycles. The van der Waals surface area contributed by atoms with Gasteiger partial charge in [-0.15, -0.1) is 0 Å². The summed E-state index contributed by atoms with van der Waals surface area (Å²) in [6.45, 7) is 1.81. The monoisotopic (exact) mass is 327 g/mol. The summed E-state index contributed by atoms with van der Waals surface area (Å²) in [6.07, 6.45) is 0.545. The lowest BCUT2D eigenvalue weighted by Gasteiger charge is -2.09. The molecule has 0 heterocycles. The van der Waals surface area contributed by atoms with E-state index in [1.807, 2.05) is 0 Å². The van der Waals surface area contributed by atoms with Gasteiger partial charge in [-0.1, -0.05) is 18.2 Å².